The lowest BCUT2D eigenvalue weighted by atomic mass is 10.2. The molecule has 1 amide bonds. The van der Waals surface area contributed by atoms with Crippen molar-refractivity contribution in [1.29, 1.82) is 5.26 Å². The standard InChI is InChI=1S/C21H22ClN5O2/c1-29-20-5-3-2-4-19(20)27-10-8-26(9-11-27)14-15(13-23)21(28)25-16-6-7-18(24)17(22)12-16/h2-7,12,14H,8-11,24H2,1H3,(H,25,28)/b15-14-. The summed E-state index contributed by atoms with van der Waals surface area (Å²) >= 11 is 5.97. The largest absolute Gasteiger partial charge is 0.495 e. The van der Waals surface area contributed by atoms with Gasteiger partial charge in [0.15, 0.2) is 0 Å². The summed E-state index contributed by atoms with van der Waals surface area (Å²) < 4.78 is 5.43. The van der Waals surface area contributed by atoms with Crippen LogP contribution in [0.1, 0.15) is 0 Å². The number of carbonyl (C=O) groups excluding carboxylic acids is 1. The second-order valence-electron chi connectivity index (χ2n) is 6.54. The molecule has 1 fully saturated rings. The van der Waals surface area contributed by atoms with Crippen molar-refractivity contribution in [2.45, 2.75) is 0 Å². The number of nitriles is 1. The molecular weight excluding hydrogens is 390 g/mol. The minimum absolute atomic E-state index is 0.0312. The molecule has 7 nitrogen and oxygen atoms in total. The number of benzene rings is 2. The fourth-order valence-electron chi connectivity index (χ4n) is 3.11. The summed E-state index contributed by atoms with van der Waals surface area (Å²) in [6.45, 7) is 2.88. The van der Waals surface area contributed by atoms with E-state index in [-0.39, 0.29) is 5.57 Å². The minimum Gasteiger partial charge on any atom is -0.495 e. The number of anilines is 3. The summed E-state index contributed by atoms with van der Waals surface area (Å²) in [5.41, 5.74) is 7.65. The second kappa shape index (κ2) is 9.22. The maximum absolute atomic E-state index is 12.5. The molecule has 0 saturated carbocycles. The summed E-state index contributed by atoms with van der Waals surface area (Å²) in [7, 11) is 1.66. The van der Waals surface area contributed by atoms with Gasteiger partial charge in [-0.25, -0.2) is 0 Å². The lowest BCUT2D eigenvalue weighted by Gasteiger charge is -2.36. The molecule has 0 spiro atoms. The summed E-state index contributed by atoms with van der Waals surface area (Å²) in [6.07, 6.45) is 1.60. The molecule has 2 aromatic carbocycles. The zero-order valence-corrected chi connectivity index (χ0v) is 16.8. The monoisotopic (exact) mass is 411 g/mol. The lowest BCUT2D eigenvalue weighted by molar-refractivity contribution is -0.112. The zero-order valence-electron chi connectivity index (χ0n) is 16.1. The van der Waals surface area contributed by atoms with Crippen LogP contribution in [-0.2, 0) is 4.79 Å². The molecule has 150 valence electrons. The quantitative estimate of drug-likeness (QED) is 0.446. The van der Waals surface area contributed by atoms with Crippen molar-refractivity contribution < 1.29 is 9.53 Å². The molecule has 8 heteroatoms. The number of piperazine rings is 1. The molecule has 0 radical (unpaired) electrons. The Morgan fingerprint density at radius 1 is 1.24 bits per heavy atom. The normalized spacial score (nSPS) is 14.3. The Morgan fingerprint density at radius 2 is 1.97 bits per heavy atom. The number of nitrogens with zero attached hydrogens (tertiary/aromatic N) is 3. The SMILES string of the molecule is COc1ccccc1N1CCN(/C=C(/C#N)C(=O)Nc2ccc(N)c(Cl)c2)CC1. The number of carbonyl (C=O) groups is 1. The van der Waals surface area contributed by atoms with Crippen LogP contribution in [0.2, 0.25) is 5.02 Å². The number of hydrogen-bond acceptors (Lipinski definition) is 6. The van der Waals surface area contributed by atoms with Crippen molar-refractivity contribution in [2.75, 3.05) is 49.2 Å². The Balaban J connectivity index is 1.64. The molecule has 0 aromatic heterocycles. The highest BCUT2D eigenvalue weighted by molar-refractivity contribution is 6.33. The average Bonchev–Trinajstić information content (AvgIpc) is 2.75. The van der Waals surface area contributed by atoms with E-state index in [4.69, 9.17) is 22.1 Å². The van der Waals surface area contributed by atoms with Crippen LogP contribution in [-0.4, -0.2) is 44.1 Å². The van der Waals surface area contributed by atoms with Crippen LogP contribution in [0.15, 0.2) is 54.2 Å². The first-order chi connectivity index (χ1) is 14.0. The van der Waals surface area contributed by atoms with Crippen molar-refractivity contribution in [3.8, 4) is 11.8 Å². The molecule has 1 aliphatic rings. The maximum Gasteiger partial charge on any atom is 0.267 e. The molecule has 1 heterocycles. The topological polar surface area (TPSA) is 94.6 Å². The van der Waals surface area contributed by atoms with E-state index in [0.717, 1.165) is 24.5 Å². The van der Waals surface area contributed by atoms with Crippen LogP contribution in [0, 0.1) is 11.3 Å². The number of para-hydroxylation sites is 2. The number of hydrogen-bond donors (Lipinski definition) is 2. The highest BCUT2D eigenvalue weighted by Crippen LogP contribution is 2.28. The molecule has 0 bridgehead atoms. The highest BCUT2D eigenvalue weighted by Gasteiger charge is 2.19. The van der Waals surface area contributed by atoms with Crippen LogP contribution in [0.25, 0.3) is 0 Å². The number of rotatable bonds is 5. The van der Waals surface area contributed by atoms with Crippen molar-refractivity contribution in [3.05, 3.63) is 59.3 Å². The van der Waals surface area contributed by atoms with Crippen LogP contribution in [0.4, 0.5) is 17.1 Å². The highest BCUT2D eigenvalue weighted by atomic mass is 35.5. The van der Waals surface area contributed by atoms with E-state index in [2.05, 4.69) is 10.2 Å². The number of halogens is 1. The van der Waals surface area contributed by atoms with Gasteiger partial charge in [0.05, 0.1) is 23.5 Å². The molecule has 2 aromatic rings. The first kappa shape index (κ1) is 20.4. The predicted octanol–water partition coefficient (Wildman–Crippen LogP) is 3.10. The van der Waals surface area contributed by atoms with E-state index >= 15 is 0 Å². The van der Waals surface area contributed by atoms with Crippen molar-refractivity contribution >= 4 is 34.6 Å². The summed E-state index contributed by atoms with van der Waals surface area (Å²) in [5, 5.41) is 12.4. The number of nitrogens with two attached hydrogens (primary N) is 1. The Kier molecular flexibility index (Phi) is 6.47. The Labute approximate surface area is 174 Å². The third kappa shape index (κ3) is 4.92. The van der Waals surface area contributed by atoms with E-state index < -0.39 is 5.91 Å². The third-order valence-corrected chi connectivity index (χ3v) is 5.00. The lowest BCUT2D eigenvalue weighted by Crippen LogP contribution is -2.44. The molecular formula is C21H22ClN5O2. The van der Waals surface area contributed by atoms with Crippen LogP contribution >= 0.6 is 11.6 Å². The molecule has 29 heavy (non-hydrogen) atoms. The number of nitrogens with one attached hydrogen (secondary N) is 1. The zero-order chi connectivity index (χ0) is 20.8. The summed E-state index contributed by atoms with van der Waals surface area (Å²) in [4.78, 5) is 16.7. The Hall–Kier alpha value is -3.37. The van der Waals surface area contributed by atoms with Gasteiger partial charge in [0.1, 0.15) is 17.4 Å². The van der Waals surface area contributed by atoms with E-state index in [1.165, 1.54) is 0 Å². The molecule has 0 atom stereocenters. The van der Waals surface area contributed by atoms with Gasteiger partial charge < -0.3 is 25.6 Å². The van der Waals surface area contributed by atoms with Crippen LogP contribution in [0.3, 0.4) is 0 Å². The van der Waals surface area contributed by atoms with E-state index in [0.29, 0.717) is 29.5 Å². The fourth-order valence-corrected chi connectivity index (χ4v) is 3.29. The van der Waals surface area contributed by atoms with Gasteiger partial charge in [-0.05, 0) is 30.3 Å². The van der Waals surface area contributed by atoms with Gasteiger partial charge in [0.2, 0.25) is 0 Å². The smallest absolute Gasteiger partial charge is 0.267 e. The van der Waals surface area contributed by atoms with Crippen molar-refractivity contribution in [1.82, 2.24) is 4.90 Å². The number of amides is 1. The van der Waals surface area contributed by atoms with E-state index in [1.807, 2.05) is 35.2 Å². The summed E-state index contributed by atoms with van der Waals surface area (Å²) in [5.74, 6) is 0.344. The van der Waals surface area contributed by atoms with Crippen LogP contribution in [0.5, 0.6) is 5.75 Å². The minimum atomic E-state index is -0.486. The first-order valence-electron chi connectivity index (χ1n) is 9.12. The van der Waals surface area contributed by atoms with Gasteiger partial charge in [-0.15, -0.1) is 0 Å². The van der Waals surface area contributed by atoms with Gasteiger partial charge >= 0.3 is 0 Å². The molecule has 3 rings (SSSR count). The fraction of sp³-hybridized carbons (Fsp3) is 0.238. The van der Waals surface area contributed by atoms with E-state index in [9.17, 15) is 10.1 Å². The van der Waals surface area contributed by atoms with Crippen molar-refractivity contribution in [3.63, 3.8) is 0 Å². The maximum atomic E-state index is 12.5. The third-order valence-electron chi connectivity index (χ3n) is 4.68. The number of methoxy groups -OCH3 is 1. The summed E-state index contributed by atoms with van der Waals surface area (Å²) in [6, 6.07) is 14.6. The average molecular weight is 412 g/mol. The van der Waals surface area contributed by atoms with E-state index in [1.54, 1.807) is 31.5 Å². The van der Waals surface area contributed by atoms with Crippen LogP contribution < -0.4 is 20.7 Å². The Morgan fingerprint density at radius 3 is 2.62 bits per heavy atom. The van der Waals surface area contributed by atoms with Gasteiger partial charge in [-0.2, -0.15) is 5.26 Å². The first-order valence-corrected chi connectivity index (χ1v) is 9.50. The van der Waals surface area contributed by atoms with Gasteiger partial charge in [0.25, 0.3) is 5.91 Å². The Bertz CT molecular complexity index is 962. The molecule has 1 aliphatic heterocycles. The molecule has 3 N–H and O–H groups in total. The molecule has 0 unspecified atom stereocenters. The molecule has 0 aliphatic carbocycles. The van der Waals surface area contributed by atoms with Gasteiger partial charge in [0, 0.05) is 38.1 Å². The second-order valence-corrected chi connectivity index (χ2v) is 6.95. The predicted molar refractivity (Wildman–Crippen MR) is 115 cm³/mol. The van der Waals surface area contributed by atoms with Crippen molar-refractivity contribution in [2.24, 2.45) is 0 Å². The number of nitrogen functional groups attached to an aromatic ring is 1. The van der Waals surface area contributed by atoms with Gasteiger partial charge in [-0.1, -0.05) is 23.7 Å². The van der Waals surface area contributed by atoms with Gasteiger partial charge in [-0.3, -0.25) is 4.79 Å². The molecule has 1 saturated heterocycles. The number of ether oxygens (including phenoxy) is 1.